The molecule has 2 amide bonds. The highest BCUT2D eigenvalue weighted by molar-refractivity contribution is 6.01. The molecule has 0 fully saturated rings. The molecule has 5 nitrogen and oxygen atoms in total. The second-order valence-corrected chi connectivity index (χ2v) is 3.58. The van der Waals surface area contributed by atoms with E-state index in [1.807, 2.05) is 0 Å². The molecule has 1 heterocycles. The lowest BCUT2D eigenvalue weighted by Gasteiger charge is -2.04. The largest absolute Gasteiger partial charge is 0.395 e. The number of carbonyl (C=O) groups excluding carboxylic acids is 2. The van der Waals surface area contributed by atoms with Gasteiger partial charge in [0.1, 0.15) is 0 Å². The molecule has 0 aromatic heterocycles. The van der Waals surface area contributed by atoms with Crippen LogP contribution < -0.4 is 10.6 Å². The van der Waals surface area contributed by atoms with E-state index in [4.69, 9.17) is 5.11 Å². The van der Waals surface area contributed by atoms with Crippen molar-refractivity contribution in [1.82, 2.24) is 5.32 Å². The molecular weight excluding hydrogens is 208 g/mol. The number of fused-ring (bicyclic) bond motifs is 1. The molecule has 1 aliphatic heterocycles. The number of aliphatic hydroxyl groups is 1. The topological polar surface area (TPSA) is 78.4 Å². The van der Waals surface area contributed by atoms with Crippen LogP contribution in [-0.2, 0) is 11.2 Å². The van der Waals surface area contributed by atoms with Gasteiger partial charge >= 0.3 is 0 Å². The molecule has 1 aromatic rings. The van der Waals surface area contributed by atoms with Gasteiger partial charge in [0, 0.05) is 17.8 Å². The van der Waals surface area contributed by atoms with Crippen LogP contribution in [0.4, 0.5) is 5.69 Å². The average molecular weight is 220 g/mol. The number of nitrogens with one attached hydrogen (secondary N) is 2. The van der Waals surface area contributed by atoms with E-state index in [-0.39, 0.29) is 25.0 Å². The molecule has 84 valence electrons. The van der Waals surface area contributed by atoms with Crippen LogP contribution >= 0.6 is 0 Å². The molecule has 16 heavy (non-hydrogen) atoms. The summed E-state index contributed by atoms with van der Waals surface area (Å²) in [6.07, 6.45) is 0.316. The first kappa shape index (κ1) is 10.6. The summed E-state index contributed by atoms with van der Waals surface area (Å²) in [6, 6.07) is 5.06. The molecule has 0 atom stereocenters. The summed E-state index contributed by atoms with van der Waals surface area (Å²) in [4.78, 5) is 22.7. The SMILES string of the molecule is O=C1Cc2cc(C(=O)NCCO)ccc2N1. The van der Waals surface area contributed by atoms with Gasteiger partial charge in [-0.3, -0.25) is 9.59 Å². The van der Waals surface area contributed by atoms with Crippen LogP contribution in [-0.4, -0.2) is 30.1 Å². The van der Waals surface area contributed by atoms with Gasteiger partial charge in [-0.25, -0.2) is 0 Å². The van der Waals surface area contributed by atoms with Crippen molar-refractivity contribution in [3.8, 4) is 0 Å². The molecule has 0 saturated heterocycles. The molecule has 0 saturated carbocycles. The Morgan fingerprint density at radius 2 is 2.31 bits per heavy atom. The van der Waals surface area contributed by atoms with Gasteiger partial charge in [-0.2, -0.15) is 0 Å². The highest BCUT2D eigenvalue weighted by Gasteiger charge is 2.18. The fraction of sp³-hybridized carbons (Fsp3) is 0.273. The fourth-order valence-corrected chi connectivity index (χ4v) is 1.64. The highest BCUT2D eigenvalue weighted by atomic mass is 16.3. The summed E-state index contributed by atoms with van der Waals surface area (Å²) in [5, 5.41) is 13.8. The van der Waals surface area contributed by atoms with E-state index in [1.54, 1.807) is 18.2 Å². The first-order valence-corrected chi connectivity index (χ1v) is 5.02. The molecule has 0 aliphatic carbocycles. The van der Waals surface area contributed by atoms with E-state index < -0.39 is 0 Å². The van der Waals surface area contributed by atoms with E-state index in [1.165, 1.54) is 0 Å². The monoisotopic (exact) mass is 220 g/mol. The molecule has 3 N–H and O–H groups in total. The number of carbonyl (C=O) groups is 2. The molecule has 5 heteroatoms. The minimum Gasteiger partial charge on any atom is -0.395 e. The van der Waals surface area contributed by atoms with Gasteiger partial charge in [0.05, 0.1) is 13.0 Å². The molecular formula is C11H12N2O3. The van der Waals surface area contributed by atoms with Crippen molar-refractivity contribution in [3.63, 3.8) is 0 Å². The number of amides is 2. The summed E-state index contributed by atoms with van der Waals surface area (Å²) in [5.41, 5.74) is 2.11. The number of hydrogen-bond donors (Lipinski definition) is 3. The summed E-state index contributed by atoms with van der Waals surface area (Å²) in [7, 11) is 0. The summed E-state index contributed by atoms with van der Waals surface area (Å²) >= 11 is 0. The third-order valence-electron chi connectivity index (χ3n) is 2.39. The standard InChI is InChI=1S/C11H12N2O3/c14-4-3-12-11(16)7-1-2-9-8(5-7)6-10(15)13-9/h1-2,5,14H,3-4,6H2,(H,12,16)(H,13,15). The quantitative estimate of drug-likeness (QED) is 0.665. The molecule has 2 rings (SSSR count). The molecule has 1 aliphatic rings. The molecule has 0 spiro atoms. The Morgan fingerprint density at radius 1 is 1.50 bits per heavy atom. The lowest BCUT2D eigenvalue weighted by molar-refractivity contribution is -0.115. The Labute approximate surface area is 92.5 Å². The summed E-state index contributed by atoms with van der Waals surface area (Å²) < 4.78 is 0. The zero-order valence-electron chi connectivity index (χ0n) is 8.62. The van der Waals surface area contributed by atoms with Crippen molar-refractivity contribution in [1.29, 1.82) is 0 Å². The Morgan fingerprint density at radius 3 is 3.06 bits per heavy atom. The maximum Gasteiger partial charge on any atom is 0.251 e. The molecule has 0 unspecified atom stereocenters. The van der Waals surface area contributed by atoms with E-state index >= 15 is 0 Å². The Balaban J connectivity index is 2.16. The van der Waals surface area contributed by atoms with Crippen molar-refractivity contribution in [2.75, 3.05) is 18.5 Å². The van der Waals surface area contributed by atoms with Crippen molar-refractivity contribution >= 4 is 17.5 Å². The lowest BCUT2D eigenvalue weighted by atomic mass is 10.1. The smallest absolute Gasteiger partial charge is 0.251 e. The van der Waals surface area contributed by atoms with Crippen LogP contribution in [0.15, 0.2) is 18.2 Å². The normalized spacial score (nSPS) is 13.2. The first-order chi connectivity index (χ1) is 7.70. The zero-order chi connectivity index (χ0) is 11.5. The predicted molar refractivity (Wildman–Crippen MR) is 58.2 cm³/mol. The maximum atomic E-state index is 11.6. The Hall–Kier alpha value is -1.88. The van der Waals surface area contributed by atoms with Gasteiger partial charge in [0.2, 0.25) is 5.91 Å². The fourth-order valence-electron chi connectivity index (χ4n) is 1.64. The third-order valence-corrected chi connectivity index (χ3v) is 2.39. The average Bonchev–Trinajstić information content (AvgIpc) is 2.64. The van der Waals surface area contributed by atoms with E-state index in [9.17, 15) is 9.59 Å². The van der Waals surface area contributed by atoms with Crippen LogP contribution in [0.2, 0.25) is 0 Å². The van der Waals surface area contributed by atoms with Crippen LogP contribution in [0.3, 0.4) is 0 Å². The van der Waals surface area contributed by atoms with Crippen LogP contribution in [0.1, 0.15) is 15.9 Å². The van der Waals surface area contributed by atoms with E-state index in [0.29, 0.717) is 12.0 Å². The second kappa shape index (κ2) is 4.32. The van der Waals surface area contributed by atoms with Crippen molar-refractivity contribution in [2.45, 2.75) is 6.42 Å². The second-order valence-electron chi connectivity index (χ2n) is 3.58. The minimum absolute atomic E-state index is 0.0529. The van der Waals surface area contributed by atoms with Crippen molar-refractivity contribution in [3.05, 3.63) is 29.3 Å². The number of anilines is 1. The Bertz CT molecular complexity index is 443. The minimum atomic E-state index is -0.240. The number of aliphatic hydroxyl groups excluding tert-OH is 1. The summed E-state index contributed by atoms with van der Waals surface area (Å²) in [6.45, 7) is 0.143. The zero-order valence-corrected chi connectivity index (χ0v) is 8.62. The van der Waals surface area contributed by atoms with Gasteiger partial charge in [0.15, 0.2) is 0 Å². The first-order valence-electron chi connectivity index (χ1n) is 5.02. The number of benzene rings is 1. The molecule has 0 bridgehead atoms. The van der Waals surface area contributed by atoms with Gasteiger partial charge in [-0.15, -0.1) is 0 Å². The number of rotatable bonds is 3. The number of hydrogen-bond acceptors (Lipinski definition) is 3. The van der Waals surface area contributed by atoms with E-state index in [2.05, 4.69) is 10.6 Å². The third kappa shape index (κ3) is 2.04. The molecule has 0 radical (unpaired) electrons. The van der Waals surface area contributed by atoms with Gasteiger partial charge < -0.3 is 15.7 Å². The van der Waals surface area contributed by atoms with Gasteiger partial charge in [0.25, 0.3) is 5.91 Å². The van der Waals surface area contributed by atoms with Crippen LogP contribution in [0.25, 0.3) is 0 Å². The molecule has 1 aromatic carbocycles. The van der Waals surface area contributed by atoms with E-state index in [0.717, 1.165) is 11.3 Å². The Kier molecular flexibility index (Phi) is 2.87. The van der Waals surface area contributed by atoms with Crippen molar-refractivity contribution < 1.29 is 14.7 Å². The maximum absolute atomic E-state index is 11.6. The van der Waals surface area contributed by atoms with Gasteiger partial charge in [-0.05, 0) is 23.8 Å². The summed E-state index contributed by atoms with van der Waals surface area (Å²) in [5.74, 6) is -0.292. The van der Waals surface area contributed by atoms with Crippen LogP contribution in [0.5, 0.6) is 0 Å². The lowest BCUT2D eigenvalue weighted by Crippen LogP contribution is -2.26. The van der Waals surface area contributed by atoms with Crippen LogP contribution in [0, 0.1) is 0 Å². The van der Waals surface area contributed by atoms with Crippen molar-refractivity contribution in [2.24, 2.45) is 0 Å². The van der Waals surface area contributed by atoms with Gasteiger partial charge in [-0.1, -0.05) is 0 Å². The predicted octanol–water partition coefficient (Wildman–Crippen LogP) is -0.0967. The highest BCUT2D eigenvalue weighted by Crippen LogP contribution is 2.23.